The van der Waals surface area contributed by atoms with E-state index in [2.05, 4.69) is 26.3 Å². The molecule has 0 spiro atoms. The highest BCUT2D eigenvalue weighted by molar-refractivity contribution is 5.93. The van der Waals surface area contributed by atoms with Crippen LogP contribution in [-0.2, 0) is 32.3 Å². The van der Waals surface area contributed by atoms with Crippen molar-refractivity contribution in [2.24, 2.45) is 16.5 Å². The normalized spacial score (nSPS) is 12.0. The number of hydrogen-bond acceptors (Lipinski definition) is 10. The molecule has 2 rings (SSSR count). The lowest BCUT2D eigenvalue weighted by atomic mass is 10.1. The summed E-state index contributed by atoms with van der Waals surface area (Å²) in [5.74, 6) is -5.39. The van der Waals surface area contributed by atoms with Crippen molar-refractivity contribution in [3.05, 3.63) is 47.5 Å². The van der Waals surface area contributed by atoms with Gasteiger partial charge in [-0.05, 0) is 25.0 Å². The van der Waals surface area contributed by atoms with Gasteiger partial charge in [0.1, 0.15) is 6.04 Å². The van der Waals surface area contributed by atoms with Crippen LogP contribution in [0.5, 0.6) is 23.0 Å². The van der Waals surface area contributed by atoms with E-state index in [1.54, 1.807) is 6.07 Å². The number of aromatic hydroxyl groups is 4. The van der Waals surface area contributed by atoms with Crippen molar-refractivity contribution in [3.63, 3.8) is 0 Å². The summed E-state index contributed by atoms with van der Waals surface area (Å²) in [6.45, 7) is -0.650. The number of carbonyl (C=O) groups excluding carboxylic acids is 3. The quantitative estimate of drug-likeness (QED) is 0.0457. The first-order valence-electron chi connectivity index (χ1n) is 12.7. The molecular formula is C26H35N7O9. The van der Waals surface area contributed by atoms with Crippen molar-refractivity contribution < 1.29 is 44.7 Å². The lowest BCUT2D eigenvalue weighted by molar-refractivity contribution is -0.140. The van der Waals surface area contributed by atoms with Gasteiger partial charge in [-0.15, -0.1) is 0 Å². The predicted molar refractivity (Wildman–Crippen MR) is 149 cm³/mol. The van der Waals surface area contributed by atoms with Crippen LogP contribution in [0.25, 0.3) is 0 Å². The SMILES string of the molecule is NC(N)=NCCC[C@H](NCc1cccc(O)c1O)C(=O)NCC(=O)N[C@@H](CC(=O)O)C(=O)NCc1cccc(O)c1O. The Balaban J connectivity index is 1.99. The summed E-state index contributed by atoms with van der Waals surface area (Å²) in [6, 6.07) is 6.06. The lowest BCUT2D eigenvalue weighted by Gasteiger charge is -2.20. The number of rotatable bonds is 16. The van der Waals surface area contributed by atoms with Crippen molar-refractivity contribution in [3.8, 4) is 23.0 Å². The van der Waals surface area contributed by atoms with E-state index in [4.69, 9.17) is 11.5 Å². The summed E-state index contributed by atoms with van der Waals surface area (Å²) >= 11 is 0. The molecule has 3 amide bonds. The minimum Gasteiger partial charge on any atom is -0.504 e. The Kier molecular flexibility index (Phi) is 12.7. The second kappa shape index (κ2) is 16.1. The summed E-state index contributed by atoms with van der Waals surface area (Å²) in [4.78, 5) is 53.2. The highest BCUT2D eigenvalue weighted by Crippen LogP contribution is 2.28. The number of guanidine groups is 1. The molecule has 228 valence electrons. The maximum absolute atomic E-state index is 12.9. The second-order valence-corrected chi connectivity index (χ2v) is 9.11. The molecule has 0 aliphatic heterocycles. The molecule has 0 unspecified atom stereocenters. The van der Waals surface area contributed by atoms with Gasteiger partial charge in [0.25, 0.3) is 0 Å². The van der Waals surface area contributed by atoms with Gasteiger partial charge in [-0.2, -0.15) is 0 Å². The number of phenols is 4. The molecule has 2 aromatic carbocycles. The molecule has 0 radical (unpaired) electrons. The third-order valence-corrected chi connectivity index (χ3v) is 5.90. The van der Waals surface area contributed by atoms with Crippen molar-refractivity contribution in [1.82, 2.24) is 21.3 Å². The third-order valence-electron chi connectivity index (χ3n) is 5.90. The molecule has 13 N–H and O–H groups in total. The predicted octanol–water partition coefficient (Wildman–Crippen LogP) is -1.59. The summed E-state index contributed by atoms with van der Waals surface area (Å²) in [5, 5.41) is 58.4. The van der Waals surface area contributed by atoms with Gasteiger partial charge < -0.3 is 58.3 Å². The van der Waals surface area contributed by atoms with Crippen molar-refractivity contribution in [2.75, 3.05) is 13.1 Å². The number of nitrogens with zero attached hydrogens (tertiary/aromatic N) is 1. The molecule has 16 heteroatoms. The van der Waals surface area contributed by atoms with E-state index >= 15 is 0 Å². The van der Waals surface area contributed by atoms with Crippen LogP contribution in [0.1, 0.15) is 30.4 Å². The average molecular weight is 590 g/mol. The Bertz CT molecular complexity index is 1300. The number of nitrogens with two attached hydrogens (primary N) is 2. The number of aliphatic imine (C=N–C) groups is 1. The molecule has 0 saturated carbocycles. The number of phenolic OH excluding ortho intramolecular Hbond substituents is 4. The number of carbonyl (C=O) groups is 4. The Labute approximate surface area is 240 Å². The minimum absolute atomic E-state index is 0.0115. The third kappa shape index (κ3) is 10.7. The summed E-state index contributed by atoms with van der Waals surface area (Å²) in [6.07, 6.45) is -0.174. The number of aliphatic carboxylic acids is 1. The van der Waals surface area contributed by atoms with E-state index in [-0.39, 0.29) is 49.1 Å². The van der Waals surface area contributed by atoms with Crippen LogP contribution >= 0.6 is 0 Å². The fourth-order valence-corrected chi connectivity index (χ4v) is 3.73. The average Bonchev–Trinajstić information content (AvgIpc) is 2.93. The van der Waals surface area contributed by atoms with Gasteiger partial charge in [-0.3, -0.25) is 24.2 Å². The van der Waals surface area contributed by atoms with Gasteiger partial charge in [0.15, 0.2) is 29.0 Å². The zero-order valence-corrected chi connectivity index (χ0v) is 22.5. The monoisotopic (exact) mass is 589 g/mol. The fraction of sp³-hybridized carbons (Fsp3) is 0.346. The zero-order valence-electron chi connectivity index (χ0n) is 22.5. The number of amides is 3. The molecule has 0 aliphatic carbocycles. The Morgan fingerprint density at radius 2 is 1.38 bits per heavy atom. The van der Waals surface area contributed by atoms with Gasteiger partial charge in [0, 0.05) is 30.8 Å². The van der Waals surface area contributed by atoms with Crippen molar-refractivity contribution in [1.29, 1.82) is 0 Å². The number of para-hydroxylation sites is 2. The standard InChI is InChI=1S/C26H35N7O9/c27-26(28)29-9-3-6-16(30-11-14-4-1-7-18(34)22(14)39)24(41)32-13-20(36)33-17(10-21(37)38)25(42)31-12-15-5-2-8-19(35)23(15)40/h1-2,4-5,7-8,16-17,30,34-35,39-40H,3,6,9-13H2,(H,31,42)(H,32,41)(H,33,36)(H,37,38)(H4,27,28,29)/t16-,17-/m0/s1. The number of carboxylic acid groups (broad SMARTS) is 1. The van der Waals surface area contributed by atoms with Crippen molar-refractivity contribution in [2.45, 2.75) is 44.4 Å². The summed E-state index contributed by atoms with van der Waals surface area (Å²) in [7, 11) is 0. The molecule has 0 heterocycles. The molecule has 0 bridgehead atoms. The minimum atomic E-state index is -1.51. The fourth-order valence-electron chi connectivity index (χ4n) is 3.73. The molecule has 0 saturated heterocycles. The zero-order chi connectivity index (χ0) is 31.2. The van der Waals surface area contributed by atoms with Gasteiger partial charge in [0.05, 0.1) is 19.0 Å². The number of benzene rings is 2. The largest absolute Gasteiger partial charge is 0.504 e. The van der Waals surface area contributed by atoms with Crippen LogP contribution in [-0.4, -0.2) is 80.4 Å². The molecule has 2 aromatic rings. The van der Waals surface area contributed by atoms with E-state index in [9.17, 15) is 44.7 Å². The molecule has 0 fully saturated rings. The van der Waals surface area contributed by atoms with E-state index < -0.39 is 60.2 Å². The summed E-state index contributed by atoms with van der Waals surface area (Å²) in [5.41, 5.74) is 11.1. The highest BCUT2D eigenvalue weighted by atomic mass is 16.4. The van der Waals surface area contributed by atoms with Gasteiger partial charge in [-0.25, -0.2) is 0 Å². The van der Waals surface area contributed by atoms with E-state index in [1.807, 2.05) is 0 Å². The maximum Gasteiger partial charge on any atom is 0.305 e. The molecule has 0 aromatic heterocycles. The van der Waals surface area contributed by atoms with Crippen LogP contribution in [0, 0.1) is 0 Å². The number of nitrogens with one attached hydrogen (secondary N) is 4. The van der Waals surface area contributed by atoms with Crippen molar-refractivity contribution >= 4 is 29.7 Å². The Morgan fingerprint density at radius 1 is 0.810 bits per heavy atom. The first-order valence-corrected chi connectivity index (χ1v) is 12.7. The smallest absolute Gasteiger partial charge is 0.305 e. The van der Waals surface area contributed by atoms with Crippen LogP contribution in [0.2, 0.25) is 0 Å². The lowest BCUT2D eigenvalue weighted by Crippen LogP contribution is -2.52. The second-order valence-electron chi connectivity index (χ2n) is 9.11. The van der Waals surface area contributed by atoms with Gasteiger partial charge in [-0.1, -0.05) is 24.3 Å². The topological polar surface area (TPSA) is 282 Å². The maximum atomic E-state index is 12.9. The molecule has 42 heavy (non-hydrogen) atoms. The first-order chi connectivity index (χ1) is 19.9. The first kappa shape index (κ1) is 33.0. The van der Waals surface area contributed by atoms with E-state index in [0.717, 1.165) is 0 Å². The van der Waals surface area contributed by atoms with Crippen LogP contribution in [0.4, 0.5) is 0 Å². The molecular weight excluding hydrogens is 554 g/mol. The summed E-state index contributed by atoms with van der Waals surface area (Å²) < 4.78 is 0. The molecule has 16 nitrogen and oxygen atoms in total. The number of carboxylic acids is 1. The Hall–Kier alpha value is -5.25. The van der Waals surface area contributed by atoms with Crippen LogP contribution in [0.15, 0.2) is 41.4 Å². The van der Waals surface area contributed by atoms with Gasteiger partial charge in [0.2, 0.25) is 17.7 Å². The van der Waals surface area contributed by atoms with Gasteiger partial charge >= 0.3 is 5.97 Å². The van der Waals surface area contributed by atoms with E-state index in [1.165, 1.54) is 30.3 Å². The molecule has 2 atom stereocenters. The van der Waals surface area contributed by atoms with E-state index in [0.29, 0.717) is 12.0 Å². The van der Waals surface area contributed by atoms with Crippen LogP contribution in [0.3, 0.4) is 0 Å². The number of hydrogen-bond donors (Lipinski definition) is 11. The highest BCUT2D eigenvalue weighted by Gasteiger charge is 2.25. The van der Waals surface area contributed by atoms with Crippen LogP contribution < -0.4 is 32.7 Å². The molecule has 0 aliphatic rings. The Morgan fingerprint density at radius 3 is 1.95 bits per heavy atom.